The highest BCUT2D eigenvalue weighted by molar-refractivity contribution is 6.06. The van der Waals surface area contributed by atoms with E-state index in [9.17, 15) is 9.90 Å². The van der Waals surface area contributed by atoms with Crippen LogP contribution in [0.2, 0.25) is 0 Å². The van der Waals surface area contributed by atoms with Gasteiger partial charge in [-0.25, -0.2) is 24.9 Å². The third kappa shape index (κ3) is 3.17. The molecule has 3 aromatic heterocycles. The lowest BCUT2D eigenvalue weighted by atomic mass is 9.83. The van der Waals surface area contributed by atoms with Crippen LogP contribution < -0.4 is 5.32 Å². The quantitative estimate of drug-likeness (QED) is 0.467. The van der Waals surface area contributed by atoms with Gasteiger partial charge in [-0.3, -0.25) is 9.69 Å². The zero-order valence-electron chi connectivity index (χ0n) is 20.1. The summed E-state index contributed by atoms with van der Waals surface area (Å²) < 4.78 is 2.03. The van der Waals surface area contributed by atoms with E-state index in [4.69, 9.17) is 4.98 Å². The molecule has 0 spiro atoms. The molecule has 1 atom stereocenters. The number of aliphatic hydroxyl groups is 1. The van der Waals surface area contributed by atoms with Crippen molar-refractivity contribution in [3.8, 4) is 22.6 Å². The molecule has 0 unspecified atom stereocenters. The maximum absolute atomic E-state index is 13.0. The standard InChI is InChI=1S/C25H26N8O2/c1-5-33-21(16-9-26-14(2)27-10-16)31-20-19(28-13-29-22(20)33)15-6-7-18-17(8-15)25(4,23(34)30-18)32-11-24(3,35)12-32/h6-10,13,35H,5,11-12H2,1-4H3,(H,30,34)/t25-/m0/s1. The van der Waals surface area contributed by atoms with Crippen LogP contribution in [-0.4, -0.2) is 64.1 Å². The van der Waals surface area contributed by atoms with Crippen molar-refractivity contribution >= 4 is 22.8 Å². The molecule has 0 bridgehead atoms. The molecule has 2 aliphatic rings. The van der Waals surface area contributed by atoms with Crippen LogP contribution in [0.3, 0.4) is 0 Å². The minimum Gasteiger partial charge on any atom is -0.388 e. The molecule has 1 saturated heterocycles. The number of fused-ring (bicyclic) bond motifs is 2. The van der Waals surface area contributed by atoms with E-state index in [1.165, 1.54) is 0 Å². The fraction of sp³-hybridized carbons (Fsp3) is 0.360. The van der Waals surface area contributed by atoms with Gasteiger partial charge in [0.15, 0.2) is 5.65 Å². The Hall–Kier alpha value is -3.76. The van der Waals surface area contributed by atoms with E-state index >= 15 is 0 Å². The summed E-state index contributed by atoms with van der Waals surface area (Å²) in [6.45, 7) is 9.12. The minimum atomic E-state index is -0.868. The number of β-amino-alcohol motifs (C(OH)–C–C–N with tert-alkyl or cyclic N) is 1. The van der Waals surface area contributed by atoms with E-state index < -0.39 is 11.1 Å². The van der Waals surface area contributed by atoms with E-state index in [1.807, 2.05) is 48.4 Å². The molecule has 0 aliphatic carbocycles. The number of nitrogens with one attached hydrogen (secondary N) is 1. The topological polar surface area (TPSA) is 122 Å². The van der Waals surface area contributed by atoms with E-state index in [0.29, 0.717) is 36.7 Å². The highest BCUT2D eigenvalue weighted by atomic mass is 16.3. The Balaban J connectivity index is 1.49. The van der Waals surface area contributed by atoms with Gasteiger partial charge in [0.1, 0.15) is 34.7 Å². The summed E-state index contributed by atoms with van der Waals surface area (Å²) in [6.07, 6.45) is 5.08. The monoisotopic (exact) mass is 470 g/mol. The van der Waals surface area contributed by atoms with Crippen LogP contribution in [0.5, 0.6) is 0 Å². The summed E-state index contributed by atoms with van der Waals surface area (Å²) in [4.78, 5) is 37.7. The normalized spacial score (nSPS) is 21.1. The molecule has 6 rings (SSSR count). The Morgan fingerprint density at radius 3 is 2.51 bits per heavy atom. The van der Waals surface area contributed by atoms with Crippen molar-refractivity contribution in [2.45, 2.75) is 45.4 Å². The summed E-state index contributed by atoms with van der Waals surface area (Å²) in [5.41, 5.74) is 3.73. The Kier molecular flexibility index (Phi) is 4.58. The van der Waals surface area contributed by atoms with Gasteiger partial charge in [0.05, 0.1) is 11.2 Å². The molecule has 1 aromatic carbocycles. The second-order valence-electron chi connectivity index (χ2n) is 9.73. The summed E-state index contributed by atoms with van der Waals surface area (Å²) in [5.74, 6) is 1.33. The van der Waals surface area contributed by atoms with Crippen LogP contribution in [0, 0.1) is 6.92 Å². The number of benzene rings is 1. The average molecular weight is 471 g/mol. The van der Waals surface area contributed by atoms with Gasteiger partial charge in [-0.1, -0.05) is 6.07 Å². The number of rotatable bonds is 4. The van der Waals surface area contributed by atoms with E-state index in [0.717, 1.165) is 33.8 Å². The van der Waals surface area contributed by atoms with Gasteiger partial charge >= 0.3 is 0 Å². The van der Waals surface area contributed by atoms with Crippen molar-refractivity contribution in [2.75, 3.05) is 18.4 Å². The summed E-state index contributed by atoms with van der Waals surface area (Å²) >= 11 is 0. The van der Waals surface area contributed by atoms with Crippen LogP contribution in [0.1, 0.15) is 32.2 Å². The average Bonchev–Trinajstić information content (AvgIpc) is 3.32. The molecule has 1 fully saturated rings. The fourth-order valence-corrected chi connectivity index (χ4v) is 5.15. The number of hydrogen-bond acceptors (Lipinski definition) is 8. The molecule has 2 aliphatic heterocycles. The molecule has 0 radical (unpaired) electrons. The van der Waals surface area contributed by atoms with Crippen molar-refractivity contribution in [2.24, 2.45) is 0 Å². The predicted octanol–water partition coefficient (Wildman–Crippen LogP) is 2.51. The van der Waals surface area contributed by atoms with Gasteiger partial charge in [0, 0.05) is 48.8 Å². The molecule has 35 heavy (non-hydrogen) atoms. The molecule has 1 amide bonds. The van der Waals surface area contributed by atoms with E-state index in [1.54, 1.807) is 25.6 Å². The van der Waals surface area contributed by atoms with Crippen LogP contribution in [0.15, 0.2) is 36.9 Å². The molecule has 10 nitrogen and oxygen atoms in total. The number of likely N-dealkylation sites (tertiary alicyclic amines) is 1. The SMILES string of the molecule is CCn1c(-c2cnc(C)nc2)nc2c(-c3ccc4c(c3)[C@](C)(N3CC(C)(O)C3)C(=O)N4)ncnc21. The van der Waals surface area contributed by atoms with Crippen molar-refractivity contribution in [3.05, 3.63) is 48.3 Å². The smallest absolute Gasteiger partial charge is 0.249 e. The number of aryl methyl sites for hydroxylation is 2. The second kappa shape index (κ2) is 7.37. The number of aromatic nitrogens is 6. The molecule has 4 aromatic rings. The number of amides is 1. The molecule has 2 N–H and O–H groups in total. The van der Waals surface area contributed by atoms with Gasteiger partial charge in [-0.05, 0) is 39.8 Å². The molecule has 10 heteroatoms. The number of hydrogen-bond donors (Lipinski definition) is 2. The van der Waals surface area contributed by atoms with Gasteiger partial charge in [0.2, 0.25) is 5.91 Å². The molecule has 5 heterocycles. The van der Waals surface area contributed by atoms with E-state index in [-0.39, 0.29) is 5.91 Å². The minimum absolute atomic E-state index is 0.0927. The lowest BCUT2D eigenvalue weighted by Gasteiger charge is -2.51. The third-order valence-corrected chi connectivity index (χ3v) is 7.09. The van der Waals surface area contributed by atoms with Crippen LogP contribution in [0.25, 0.3) is 33.8 Å². The summed E-state index contributed by atoms with van der Waals surface area (Å²) in [5, 5.41) is 13.3. The van der Waals surface area contributed by atoms with Crippen LogP contribution in [0.4, 0.5) is 5.69 Å². The molecular formula is C25H26N8O2. The maximum atomic E-state index is 13.0. The van der Waals surface area contributed by atoms with Crippen molar-refractivity contribution in [1.29, 1.82) is 0 Å². The Morgan fingerprint density at radius 1 is 1.09 bits per heavy atom. The first-order valence-electron chi connectivity index (χ1n) is 11.7. The van der Waals surface area contributed by atoms with Crippen molar-refractivity contribution < 1.29 is 9.90 Å². The van der Waals surface area contributed by atoms with Crippen molar-refractivity contribution in [3.63, 3.8) is 0 Å². The number of carbonyl (C=O) groups excluding carboxylic acids is 1. The predicted molar refractivity (Wildman–Crippen MR) is 130 cm³/mol. The number of nitrogens with zero attached hydrogens (tertiary/aromatic N) is 7. The summed E-state index contributed by atoms with van der Waals surface area (Å²) in [7, 11) is 0. The zero-order valence-corrected chi connectivity index (χ0v) is 20.1. The third-order valence-electron chi connectivity index (χ3n) is 7.09. The maximum Gasteiger partial charge on any atom is 0.249 e. The number of anilines is 1. The van der Waals surface area contributed by atoms with Crippen LogP contribution in [-0.2, 0) is 16.9 Å². The lowest BCUT2D eigenvalue weighted by molar-refractivity contribution is -0.151. The number of imidazole rings is 1. The highest BCUT2D eigenvalue weighted by Gasteiger charge is 2.54. The second-order valence-corrected chi connectivity index (χ2v) is 9.73. The first kappa shape index (κ1) is 21.8. The summed E-state index contributed by atoms with van der Waals surface area (Å²) in [6, 6.07) is 5.85. The molecule has 0 saturated carbocycles. The van der Waals surface area contributed by atoms with Crippen molar-refractivity contribution in [1.82, 2.24) is 34.4 Å². The van der Waals surface area contributed by atoms with Gasteiger partial charge in [-0.15, -0.1) is 0 Å². The largest absolute Gasteiger partial charge is 0.388 e. The molecular weight excluding hydrogens is 444 g/mol. The lowest BCUT2D eigenvalue weighted by Crippen LogP contribution is -2.67. The fourth-order valence-electron chi connectivity index (χ4n) is 5.15. The van der Waals surface area contributed by atoms with Crippen LogP contribution >= 0.6 is 0 Å². The van der Waals surface area contributed by atoms with Gasteiger partial charge < -0.3 is 15.0 Å². The highest BCUT2D eigenvalue weighted by Crippen LogP contribution is 2.45. The zero-order chi connectivity index (χ0) is 24.5. The van der Waals surface area contributed by atoms with Gasteiger partial charge in [0.25, 0.3) is 0 Å². The first-order valence-corrected chi connectivity index (χ1v) is 11.7. The Labute approximate surface area is 202 Å². The first-order chi connectivity index (χ1) is 16.7. The Morgan fingerprint density at radius 2 is 1.83 bits per heavy atom. The molecule has 178 valence electrons. The van der Waals surface area contributed by atoms with Gasteiger partial charge in [-0.2, -0.15) is 0 Å². The number of carbonyl (C=O) groups is 1. The van der Waals surface area contributed by atoms with E-state index in [2.05, 4.69) is 25.3 Å². The Bertz CT molecular complexity index is 1490.